The van der Waals surface area contributed by atoms with E-state index in [0.29, 0.717) is 12.6 Å². The summed E-state index contributed by atoms with van der Waals surface area (Å²) in [6.45, 7) is 0.714. The lowest BCUT2D eigenvalue weighted by Gasteiger charge is -2.28. The molecule has 2 aliphatic rings. The third-order valence-corrected chi connectivity index (χ3v) is 5.39. The van der Waals surface area contributed by atoms with Crippen LogP contribution in [0, 0.1) is 0 Å². The minimum absolute atomic E-state index is 0.148. The standard InChI is InChI=1S/C17H24ClNO/c18-15-11-13(17(12-19)9-3-4-10-17)7-8-16(15)20-14-5-1-2-6-14/h7-8,11,14H,1-6,9-10,12,19H2. The highest BCUT2D eigenvalue weighted by Crippen LogP contribution is 2.42. The average Bonchev–Trinajstić information content (AvgIpc) is 3.12. The van der Waals surface area contributed by atoms with Gasteiger partial charge in [-0.3, -0.25) is 0 Å². The summed E-state index contributed by atoms with van der Waals surface area (Å²) in [6, 6.07) is 6.31. The molecule has 1 aromatic rings. The minimum atomic E-state index is 0.148. The van der Waals surface area contributed by atoms with Gasteiger partial charge in [0, 0.05) is 12.0 Å². The van der Waals surface area contributed by atoms with Crippen molar-refractivity contribution in [3.63, 3.8) is 0 Å². The van der Waals surface area contributed by atoms with Crippen molar-refractivity contribution < 1.29 is 4.74 Å². The predicted molar refractivity (Wildman–Crippen MR) is 83.5 cm³/mol. The molecular weight excluding hydrogens is 270 g/mol. The molecule has 0 atom stereocenters. The highest BCUT2D eigenvalue weighted by atomic mass is 35.5. The summed E-state index contributed by atoms with van der Waals surface area (Å²) >= 11 is 6.44. The van der Waals surface area contributed by atoms with Gasteiger partial charge < -0.3 is 10.5 Å². The fourth-order valence-electron chi connectivity index (χ4n) is 3.77. The highest BCUT2D eigenvalue weighted by Gasteiger charge is 2.34. The van der Waals surface area contributed by atoms with E-state index in [1.54, 1.807) is 0 Å². The quantitative estimate of drug-likeness (QED) is 0.891. The summed E-state index contributed by atoms with van der Waals surface area (Å²) in [4.78, 5) is 0. The first-order chi connectivity index (χ1) is 9.73. The zero-order valence-corrected chi connectivity index (χ0v) is 12.8. The Kier molecular flexibility index (Phi) is 4.23. The number of nitrogens with two attached hydrogens (primary N) is 1. The Balaban J connectivity index is 1.79. The van der Waals surface area contributed by atoms with Crippen LogP contribution < -0.4 is 10.5 Å². The van der Waals surface area contributed by atoms with E-state index in [1.807, 2.05) is 6.07 Å². The van der Waals surface area contributed by atoms with Gasteiger partial charge in [0.1, 0.15) is 5.75 Å². The largest absolute Gasteiger partial charge is 0.489 e. The smallest absolute Gasteiger partial charge is 0.138 e. The van der Waals surface area contributed by atoms with Gasteiger partial charge in [0.05, 0.1) is 11.1 Å². The molecular formula is C17H24ClNO. The van der Waals surface area contributed by atoms with Gasteiger partial charge in [-0.15, -0.1) is 0 Å². The second-order valence-corrected chi connectivity index (χ2v) is 6.77. The molecule has 2 saturated carbocycles. The SMILES string of the molecule is NCC1(c2ccc(OC3CCCC3)c(Cl)c2)CCCC1. The van der Waals surface area contributed by atoms with Crippen LogP contribution in [-0.4, -0.2) is 12.6 Å². The first-order valence-electron chi connectivity index (χ1n) is 7.90. The van der Waals surface area contributed by atoms with E-state index in [1.165, 1.54) is 44.1 Å². The van der Waals surface area contributed by atoms with Crippen LogP contribution in [0.15, 0.2) is 18.2 Å². The summed E-state index contributed by atoms with van der Waals surface area (Å²) in [5, 5.41) is 0.745. The Morgan fingerprint density at radius 2 is 1.85 bits per heavy atom. The lowest BCUT2D eigenvalue weighted by molar-refractivity contribution is 0.210. The van der Waals surface area contributed by atoms with Crippen molar-refractivity contribution in [1.29, 1.82) is 0 Å². The number of hydrogen-bond acceptors (Lipinski definition) is 2. The fourth-order valence-corrected chi connectivity index (χ4v) is 4.00. The van der Waals surface area contributed by atoms with E-state index in [9.17, 15) is 0 Å². The van der Waals surface area contributed by atoms with E-state index in [2.05, 4.69) is 12.1 Å². The summed E-state index contributed by atoms with van der Waals surface area (Å²) in [5.74, 6) is 0.840. The second kappa shape index (κ2) is 5.95. The van der Waals surface area contributed by atoms with E-state index < -0.39 is 0 Å². The van der Waals surface area contributed by atoms with Crippen LogP contribution in [0.4, 0.5) is 0 Å². The maximum atomic E-state index is 6.44. The maximum absolute atomic E-state index is 6.44. The third-order valence-electron chi connectivity index (χ3n) is 5.09. The lowest BCUT2D eigenvalue weighted by Crippen LogP contribution is -2.31. The molecule has 20 heavy (non-hydrogen) atoms. The van der Waals surface area contributed by atoms with Gasteiger partial charge in [-0.25, -0.2) is 0 Å². The number of rotatable bonds is 4. The molecule has 0 aromatic heterocycles. The Hall–Kier alpha value is -0.730. The van der Waals surface area contributed by atoms with Crippen LogP contribution >= 0.6 is 11.6 Å². The number of benzene rings is 1. The maximum Gasteiger partial charge on any atom is 0.138 e. The molecule has 0 unspecified atom stereocenters. The molecule has 0 bridgehead atoms. The van der Waals surface area contributed by atoms with Gasteiger partial charge in [0.15, 0.2) is 0 Å². The monoisotopic (exact) mass is 293 g/mol. The third kappa shape index (κ3) is 2.68. The average molecular weight is 294 g/mol. The highest BCUT2D eigenvalue weighted by molar-refractivity contribution is 6.32. The molecule has 0 spiro atoms. The van der Waals surface area contributed by atoms with Gasteiger partial charge in [-0.1, -0.05) is 30.5 Å². The zero-order valence-electron chi connectivity index (χ0n) is 12.0. The van der Waals surface area contributed by atoms with E-state index in [-0.39, 0.29) is 5.41 Å². The Morgan fingerprint density at radius 3 is 2.45 bits per heavy atom. The van der Waals surface area contributed by atoms with Crippen molar-refractivity contribution in [3.8, 4) is 5.75 Å². The first-order valence-corrected chi connectivity index (χ1v) is 8.28. The van der Waals surface area contributed by atoms with Gasteiger partial charge >= 0.3 is 0 Å². The summed E-state index contributed by atoms with van der Waals surface area (Å²) < 4.78 is 6.03. The van der Waals surface area contributed by atoms with E-state index in [4.69, 9.17) is 22.1 Å². The van der Waals surface area contributed by atoms with Crippen molar-refractivity contribution >= 4 is 11.6 Å². The molecule has 2 aliphatic carbocycles. The number of ether oxygens (including phenoxy) is 1. The normalized spacial score (nSPS) is 22.3. The van der Waals surface area contributed by atoms with Crippen molar-refractivity contribution in [3.05, 3.63) is 28.8 Å². The molecule has 2 nitrogen and oxygen atoms in total. The van der Waals surface area contributed by atoms with E-state index >= 15 is 0 Å². The molecule has 0 saturated heterocycles. The van der Waals surface area contributed by atoms with Gasteiger partial charge in [-0.2, -0.15) is 0 Å². The molecule has 0 amide bonds. The van der Waals surface area contributed by atoms with Gasteiger partial charge in [0.2, 0.25) is 0 Å². The van der Waals surface area contributed by atoms with Gasteiger partial charge in [0.25, 0.3) is 0 Å². The Labute approximate surface area is 126 Å². The number of hydrogen-bond donors (Lipinski definition) is 1. The van der Waals surface area contributed by atoms with Gasteiger partial charge in [-0.05, 0) is 56.2 Å². The van der Waals surface area contributed by atoms with Crippen molar-refractivity contribution in [2.45, 2.75) is 62.9 Å². The van der Waals surface area contributed by atoms with Crippen LogP contribution in [0.3, 0.4) is 0 Å². The van der Waals surface area contributed by atoms with Crippen LogP contribution in [0.2, 0.25) is 5.02 Å². The topological polar surface area (TPSA) is 35.2 Å². The second-order valence-electron chi connectivity index (χ2n) is 6.36. The molecule has 0 aliphatic heterocycles. The summed E-state index contributed by atoms with van der Waals surface area (Å²) in [7, 11) is 0. The molecule has 3 rings (SSSR count). The zero-order chi connectivity index (χ0) is 14.0. The van der Waals surface area contributed by atoms with Crippen LogP contribution in [0.25, 0.3) is 0 Å². The predicted octanol–water partition coefficient (Wildman–Crippen LogP) is 4.43. The number of halogens is 1. The fraction of sp³-hybridized carbons (Fsp3) is 0.647. The van der Waals surface area contributed by atoms with E-state index in [0.717, 1.165) is 23.6 Å². The van der Waals surface area contributed by atoms with Crippen LogP contribution in [0.5, 0.6) is 5.75 Å². The minimum Gasteiger partial charge on any atom is -0.489 e. The van der Waals surface area contributed by atoms with Crippen molar-refractivity contribution in [1.82, 2.24) is 0 Å². The molecule has 0 radical (unpaired) electrons. The molecule has 2 fully saturated rings. The molecule has 1 aromatic carbocycles. The summed E-state index contributed by atoms with van der Waals surface area (Å²) in [6.07, 6.45) is 10.1. The molecule has 110 valence electrons. The Morgan fingerprint density at radius 1 is 1.15 bits per heavy atom. The van der Waals surface area contributed by atoms with Crippen LogP contribution in [0.1, 0.15) is 56.9 Å². The van der Waals surface area contributed by atoms with Crippen molar-refractivity contribution in [2.75, 3.05) is 6.54 Å². The molecule has 2 N–H and O–H groups in total. The van der Waals surface area contributed by atoms with Crippen LogP contribution in [-0.2, 0) is 5.41 Å². The Bertz CT molecular complexity index is 462. The lowest BCUT2D eigenvalue weighted by atomic mass is 9.79. The molecule has 0 heterocycles. The van der Waals surface area contributed by atoms with Crippen molar-refractivity contribution in [2.24, 2.45) is 5.73 Å². The molecule has 3 heteroatoms. The first kappa shape index (κ1) is 14.2. The summed E-state index contributed by atoms with van der Waals surface area (Å²) in [5.41, 5.74) is 7.49.